The molecule has 1 atom stereocenters. The fourth-order valence-corrected chi connectivity index (χ4v) is 1.91. The number of nitrogens with two attached hydrogens (primary N) is 1. The molecule has 0 aliphatic carbocycles. The predicted octanol–water partition coefficient (Wildman–Crippen LogP) is -0.863. The number of hydrogen-bond donors (Lipinski definition) is 1. The van der Waals surface area contributed by atoms with E-state index >= 15 is 0 Å². The average molecular weight is 252 g/mol. The van der Waals surface area contributed by atoms with Gasteiger partial charge in [-0.3, -0.25) is 14.3 Å². The van der Waals surface area contributed by atoms with Crippen molar-refractivity contribution in [2.75, 3.05) is 19.7 Å². The first-order valence-corrected chi connectivity index (χ1v) is 5.64. The highest BCUT2D eigenvalue weighted by molar-refractivity contribution is 5.94. The molecule has 98 valence electrons. The monoisotopic (exact) mass is 252 g/mol. The van der Waals surface area contributed by atoms with Crippen LogP contribution in [0.1, 0.15) is 17.3 Å². The Hall–Kier alpha value is -1.89. The molecule has 1 aliphatic rings. The minimum Gasteiger partial charge on any atom is -0.367 e. The smallest absolute Gasteiger partial charge is 0.257 e. The van der Waals surface area contributed by atoms with Gasteiger partial charge in [0.2, 0.25) is 0 Å². The van der Waals surface area contributed by atoms with Crippen LogP contribution in [0.3, 0.4) is 0 Å². The average Bonchev–Trinajstić information content (AvgIpc) is 2.75. The van der Waals surface area contributed by atoms with Crippen molar-refractivity contribution in [2.45, 2.75) is 12.5 Å². The van der Waals surface area contributed by atoms with E-state index in [1.807, 2.05) is 0 Å². The zero-order valence-corrected chi connectivity index (χ0v) is 10.4. The Bertz CT molecular complexity index is 484. The van der Waals surface area contributed by atoms with Gasteiger partial charge in [0, 0.05) is 19.8 Å². The number of nitrogens with zero attached hydrogens (tertiary/aromatic N) is 3. The molecule has 1 saturated heterocycles. The molecule has 1 fully saturated rings. The standard InChI is InChI=1S/C11H16N4O3/c1-11(10(12)17)7-15(3-4-18-11)9(16)8-5-13-14(2)6-8/h5-6H,3-4,7H2,1-2H3,(H2,12,17)/t11-/m1/s1. The van der Waals surface area contributed by atoms with Crippen molar-refractivity contribution >= 4 is 11.8 Å². The number of carbonyl (C=O) groups is 2. The zero-order chi connectivity index (χ0) is 13.3. The van der Waals surface area contributed by atoms with Gasteiger partial charge in [-0.15, -0.1) is 0 Å². The largest absolute Gasteiger partial charge is 0.367 e. The number of ether oxygens (including phenoxy) is 1. The van der Waals surface area contributed by atoms with Crippen molar-refractivity contribution in [3.05, 3.63) is 18.0 Å². The molecule has 0 spiro atoms. The molecule has 1 aromatic heterocycles. The molecule has 0 radical (unpaired) electrons. The molecule has 0 unspecified atom stereocenters. The van der Waals surface area contributed by atoms with Crippen LogP contribution in [0.25, 0.3) is 0 Å². The molecule has 2 heterocycles. The molecule has 18 heavy (non-hydrogen) atoms. The summed E-state index contributed by atoms with van der Waals surface area (Å²) < 4.78 is 6.92. The maximum Gasteiger partial charge on any atom is 0.257 e. The Labute approximate surface area is 104 Å². The van der Waals surface area contributed by atoms with Gasteiger partial charge in [-0.2, -0.15) is 5.10 Å². The molecule has 1 aromatic rings. The molecule has 0 saturated carbocycles. The van der Waals surface area contributed by atoms with E-state index in [2.05, 4.69) is 5.10 Å². The van der Waals surface area contributed by atoms with E-state index in [0.29, 0.717) is 18.7 Å². The quantitative estimate of drug-likeness (QED) is 0.741. The highest BCUT2D eigenvalue weighted by Gasteiger charge is 2.39. The van der Waals surface area contributed by atoms with Gasteiger partial charge < -0.3 is 15.4 Å². The summed E-state index contributed by atoms with van der Waals surface area (Å²) in [5.74, 6) is -0.731. The van der Waals surface area contributed by atoms with Crippen LogP contribution in [0.2, 0.25) is 0 Å². The van der Waals surface area contributed by atoms with Crippen LogP contribution in [-0.4, -0.2) is 51.8 Å². The minimum atomic E-state index is -1.11. The lowest BCUT2D eigenvalue weighted by Crippen LogP contribution is -2.58. The molecular weight excluding hydrogens is 236 g/mol. The molecule has 7 nitrogen and oxygen atoms in total. The van der Waals surface area contributed by atoms with E-state index in [4.69, 9.17) is 10.5 Å². The first-order chi connectivity index (χ1) is 8.42. The predicted molar refractivity (Wildman–Crippen MR) is 62.7 cm³/mol. The number of amides is 2. The molecule has 2 rings (SSSR count). The Morgan fingerprint density at radius 3 is 2.83 bits per heavy atom. The fourth-order valence-electron chi connectivity index (χ4n) is 1.91. The molecular formula is C11H16N4O3. The summed E-state index contributed by atoms with van der Waals surface area (Å²) in [7, 11) is 1.74. The molecule has 0 bridgehead atoms. The summed E-state index contributed by atoms with van der Waals surface area (Å²) in [6.07, 6.45) is 3.14. The molecule has 0 aromatic carbocycles. The number of primary amides is 1. The lowest BCUT2D eigenvalue weighted by atomic mass is 10.0. The first-order valence-electron chi connectivity index (χ1n) is 5.64. The molecule has 1 aliphatic heterocycles. The van der Waals surface area contributed by atoms with Crippen LogP contribution >= 0.6 is 0 Å². The van der Waals surface area contributed by atoms with Gasteiger partial charge >= 0.3 is 0 Å². The number of carbonyl (C=O) groups excluding carboxylic acids is 2. The maximum atomic E-state index is 12.2. The Kier molecular flexibility index (Phi) is 3.08. The normalized spacial score (nSPS) is 24.0. The third-order valence-electron chi connectivity index (χ3n) is 3.03. The third kappa shape index (κ3) is 2.21. The first kappa shape index (κ1) is 12.6. The van der Waals surface area contributed by atoms with Gasteiger partial charge in [-0.25, -0.2) is 0 Å². The van der Waals surface area contributed by atoms with Crippen molar-refractivity contribution in [1.29, 1.82) is 0 Å². The van der Waals surface area contributed by atoms with Crippen LogP contribution in [0, 0.1) is 0 Å². The van der Waals surface area contributed by atoms with Crippen LogP contribution in [0.15, 0.2) is 12.4 Å². The van der Waals surface area contributed by atoms with Crippen LogP contribution in [0.5, 0.6) is 0 Å². The maximum absolute atomic E-state index is 12.2. The highest BCUT2D eigenvalue weighted by atomic mass is 16.5. The summed E-state index contributed by atoms with van der Waals surface area (Å²) in [5.41, 5.74) is 4.67. The lowest BCUT2D eigenvalue weighted by Gasteiger charge is -2.38. The van der Waals surface area contributed by atoms with Crippen molar-refractivity contribution in [1.82, 2.24) is 14.7 Å². The van der Waals surface area contributed by atoms with Gasteiger partial charge in [0.25, 0.3) is 11.8 Å². The third-order valence-corrected chi connectivity index (χ3v) is 3.03. The molecule has 2 N–H and O–H groups in total. The van der Waals surface area contributed by atoms with Gasteiger partial charge in [0.05, 0.1) is 24.9 Å². The van der Waals surface area contributed by atoms with Crippen LogP contribution in [-0.2, 0) is 16.6 Å². The lowest BCUT2D eigenvalue weighted by molar-refractivity contribution is -0.150. The molecule has 7 heteroatoms. The summed E-state index contributed by atoms with van der Waals surface area (Å²) in [6, 6.07) is 0. The Morgan fingerprint density at radius 2 is 2.28 bits per heavy atom. The number of morpholine rings is 1. The summed E-state index contributed by atoms with van der Waals surface area (Å²) in [6.45, 7) is 2.50. The van der Waals surface area contributed by atoms with E-state index in [9.17, 15) is 9.59 Å². The minimum absolute atomic E-state index is 0.163. The van der Waals surface area contributed by atoms with E-state index in [0.717, 1.165) is 0 Å². The number of aryl methyl sites for hydroxylation is 1. The van der Waals surface area contributed by atoms with Gasteiger partial charge in [0.1, 0.15) is 0 Å². The fraction of sp³-hybridized carbons (Fsp3) is 0.545. The zero-order valence-electron chi connectivity index (χ0n) is 10.4. The second-order valence-corrected chi connectivity index (χ2v) is 4.57. The second-order valence-electron chi connectivity index (χ2n) is 4.57. The topological polar surface area (TPSA) is 90.5 Å². The van der Waals surface area contributed by atoms with E-state index in [-0.39, 0.29) is 12.5 Å². The van der Waals surface area contributed by atoms with Gasteiger partial charge in [0.15, 0.2) is 5.60 Å². The van der Waals surface area contributed by atoms with Crippen LogP contribution < -0.4 is 5.73 Å². The Balaban J connectivity index is 2.14. The highest BCUT2D eigenvalue weighted by Crippen LogP contribution is 2.18. The van der Waals surface area contributed by atoms with Crippen molar-refractivity contribution < 1.29 is 14.3 Å². The Morgan fingerprint density at radius 1 is 1.56 bits per heavy atom. The summed E-state index contributed by atoms with van der Waals surface area (Å²) in [5, 5.41) is 3.95. The van der Waals surface area contributed by atoms with Gasteiger partial charge in [-0.1, -0.05) is 0 Å². The van der Waals surface area contributed by atoms with E-state index < -0.39 is 11.5 Å². The van der Waals surface area contributed by atoms with E-state index in [1.54, 1.807) is 29.7 Å². The summed E-state index contributed by atoms with van der Waals surface area (Å²) in [4.78, 5) is 25.1. The number of rotatable bonds is 2. The molecule has 2 amide bonds. The van der Waals surface area contributed by atoms with Crippen molar-refractivity contribution in [2.24, 2.45) is 12.8 Å². The van der Waals surface area contributed by atoms with E-state index in [1.165, 1.54) is 6.20 Å². The number of hydrogen-bond acceptors (Lipinski definition) is 4. The second kappa shape index (κ2) is 4.41. The summed E-state index contributed by atoms with van der Waals surface area (Å²) >= 11 is 0. The van der Waals surface area contributed by atoms with Crippen molar-refractivity contribution in [3.63, 3.8) is 0 Å². The number of aromatic nitrogens is 2. The van der Waals surface area contributed by atoms with Crippen molar-refractivity contribution in [3.8, 4) is 0 Å². The SMILES string of the molecule is Cn1cc(C(=O)N2CCO[C@@](C)(C(N)=O)C2)cn1. The van der Waals surface area contributed by atoms with Crippen LogP contribution in [0.4, 0.5) is 0 Å². The van der Waals surface area contributed by atoms with Gasteiger partial charge in [-0.05, 0) is 6.92 Å².